The zero-order valence-corrected chi connectivity index (χ0v) is 8.78. The smallest absolute Gasteiger partial charge is 0.0540 e. The second-order valence-electron chi connectivity index (χ2n) is 5.76. The molecule has 2 nitrogen and oxygen atoms in total. The maximum absolute atomic E-state index is 9.57. The molecule has 0 aromatic carbocycles. The largest absolute Gasteiger partial charge is 0.393 e. The van der Waals surface area contributed by atoms with Crippen LogP contribution in [0.5, 0.6) is 0 Å². The van der Waals surface area contributed by atoms with Crippen LogP contribution in [0.15, 0.2) is 0 Å². The molecule has 0 heterocycles. The van der Waals surface area contributed by atoms with Gasteiger partial charge in [-0.05, 0) is 62.2 Å². The van der Waals surface area contributed by atoms with E-state index in [-0.39, 0.29) is 6.10 Å². The van der Waals surface area contributed by atoms with E-state index in [2.05, 4.69) is 0 Å². The summed E-state index contributed by atoms with van der Waals surface area (Å²) in [6, 6.07) is 0.453. The summed E-state index contributed by atoms with van der Waals surface area (Å²) in [6.07, 6.45) is 8.51. The highest BCUT2D eigenvalue weighted by molar-refractivity contribution is 5.09. The molecule has 14 heavy (non-hydrogen) atoms. The highest BCUT2D eigenvalue weighted by Crippen LogP contribution is 2.60. The van der Waals surface area contributed by atoms with E-state index < -0.39 is 0 Å². The van der Waals surface area contributed by atoms with Gasteiger partial charge in [-0.2, -0.15) is 0 Å². The van der Waals surface area contributed by atoms with Crippen LogP contribution >= 0.6 is 0 Å². The molecule has 0 aromatic heterocycles. The third-order valence-corrected chi connectivity index (χ3v) is 5.34. The van der Waals surface area contributed by atoms with Gasteiger partial charge in [-0.25, -0.2) is 0 Å². The number of aliphatic hydroxyl groups is 1. The Bertz CT molecular complexity index is 228. The van der Waals surface area contributed by atoms with Crippen LogP contribution in [0.25, 0.3) is 0 Å². The van der Waals surface area contributed by atoms with Crippen LogP contribution in [0.1, 0.15) is 44.9 Å². The maximum atomic E-state index is 9.57. The normalized spacial score (nSPS) is 57.0. The van der Waals surface area contributed by atoms with Gasteiger partial charge >= 0.3 is 0 Å². The molecule has 3 atom stereocenters. The number of fused-ring (bicyclic) bond motifs is 3. The molecular formula is C12H21NO. The standard InChI is InChI=1S/C12H21NO/c13-11-8-1-2-9(7-8)12(11)5-3-10(14)4-6-12/h8-11,14H,1-7,13H2/t8-,9?,10?,11-,12?/m1/s1. The first kappa shape index (κ1) is 9.17. The van der Waals surface area contributed by atoms with Crippen LogP contribution in [0, 0.1) is 17.3 Å². The fourth-order valence-electron chi connectivity index (χ4n) is 4.49. The van der Waals surface area contributed by atoms with Crippen LogP contribution in [0.2, 0.25) is 0 Å². The maximum Gasteiger partial charge on any atom is 0.0540 e. The van der Waals surface area contributed by atoms with E-state index in [4.69, 9.17) is 5.73 Å². The Morgan fingerprint density at radius 3 is 2.36 bits per heavy atom. The molecule has 0 radical (unpaired) electrons. The van der Waals surface area contributed by atoms with Gasteiger partial charge < -0.3 is 10.8 Å². The first-order chi connectivity index (χ1) is 6.72. The SMILES string of the molecule is N[C@@H]1[C@@H]2CCC(C2)C12CCC(O)CC2. The number of aliphatic hydroxyl groups excluding tert-OH is 1. The summed E-state index contributed by atoms with van der Waals surface area (Å²) in [7, 11) is 0. The van der Waals surface area contributed by atoms with Gasteiger partial charge in [-0.3, -0.25) is 0 Å². The average Bonchev–Trinajstić information content (AvgIpc) is 2.75. The number of hydrogen-bond acceptors (Lipinski definition) is 2. The second-order valence-corrected chi connectivity index (χ2v) is 5.76. The highest BCUT2D eigenvalue weighted by Gasteiger charge is 2.56. The van der Waals surface area contributed by atoms with Crippen molar-refractivity contribution in [3.63, 3.8) is 0 Å². The Balaban J connectivity index is 1.83. The lowest BCUT2D eigenvalue weighted by atomic mass is 9.62. The van der Waals surface area contributed by atoms with Crippen LogP contribution in [0.3, 0.4) is 0 Å². The van der Waals surface area contributed by atoms with Crippen molar-refractivity contribution in [3.8, 4) is 0 Å². The fourth-order valence-corrected chi connectivity index (χ4v) is 4.49. The number of hydrogen-bond donors (Lipinski definition) is 2. The molecule has 0 aromatic rings. The lowest BCUT2D eigenvalue weighted by Gasteiger charge is -2.46. The summed E-state index contributed by atoms with van der Waals surface area (Å²) in [5.74, 6) is 1.71. The molecule has 0 amide bonds. The Hall–Kier alpha value is -0.0800. The van der Waals surface area contributed by atoms with Gasteiger partial charge in [0.1, 0.15) is 0 Å². The highest BCUT2D eigenvalue weighted by atomic mass is 16.3. The third kappa shape index (κ3) is 1.04. The molecule has 0 saturated heterocycles. The lowest BCUT2D eigenvalue weighted by Crippen LogP contribution is -2.48. The molecular weight excluding hydrogens is 174 g/mol. The zero-order valence-electron chi connectivity index (χ0n) is 8.78. The van der Waals surface area contributed by atoms with Crippen molar-refractivity contribution >= 4 is 0 Å². The fraction of sp³-hybridized carbons (Fsp3) is 1.00. The van der Waals surface area contributed by atoms with Gasteiger partial charge in [0, 0.05) is 6.04 Å². The van der Waals surface area contributed by atoms with E-state index in [0.29, 0.717) is 11.5 Å². The van der Waals surface area contributed by atoms with Crippen molar-refractivity contribution < 1.29 is 5.11 Å². The molecule has 1 spiro atoms. The molecule has 2 bridgehead atoms. The van der Waals surface area contributed by atoms with Crippen LogP contribution in [0.4, 0.5) is 0 Å². The molecule has 1 unspecified atom stereocenters. The van der Waals surface area contributed by atoms with E-state index >= 15 is 0 Å². The topological polar surface area (TPSA) is 46.2 Å². The van der Waals surface area contributed by atoms with E-state index in [0.717, 1.165) is 24.7 Å². The molecule has 3 aliphatic rings. The first-order valence-electron chi connectivity index (χ1n) is 6.16. The number of nitrogens with two attached hydrogens (primary N) is 1. The van der Waals surface area contributed by atoms with Gasteiger partial charge in [-0.1, -0.05) is 0 Å². The van der Waals surface area contributed by atoms with Crippen molar-refractivity contribution in [1.82, 2.24) is 0 Å². The minimum atomic E-state index is -0.0352. The van der Waals surface area contributed by atoms with E-state index in [1.807, 2.05) is 0 Å². The van der Waals surface area contributed by atoms with Crippen molar-refractivity contribution in [2.45, 2.75) is 57.1 Å². The summed E-state index contributed by atoms with van der Waals surface area (Å²) >= 11 is 0. The molecule has 3 aliphatic carbocycles. The molecule has 3 fully saturated rings. The molecule has 0 aliphatic heterocycles. The van der Waals surface area contributed by atoms with Gasteiger partial charge in [0.15, 0.2) is 0 Å². The summed E-state index contributed by atoms with van der Waals surface area (Å²) in [5.41, 5.74) is 6.84. The van der Waals surface area contributed by atoms with Crippen LogP contribution < -0.4 is 5.73 Å². The van der Waals surface area contributed by atoms with Gasteiger partial charge in [-0.15, -0.1) is 0 Å². The lowest BCUT2D eigenvalue weighted by molar-refractivity contribution is 0.0155. The predicted octanol–water partition coefficient (Wildman–Crippen LogP) is 1.66. The van der Waals surface area contributed by atoms with Gasteiger partial charge in [0.25, 0.3) is 0 Å². The van der Waals surface area contributed by atoms with E-state index in [1.54, 1.807) is 0 Å². The summed E-state index contributed by atoms with van der Waals surface area (Å²) < 4.78 is 0. The Labute approximate surface area is 85.9 Å². The van der Waals surface area contributed by atoms with Crippen LogP contribution in [-0.2, 0) is 0 Å². The van der Waals surface area contributed by atoms with Crippen molar-refractivity contribution in [2.75, 3.05) is 0 Å². The van der Waals surface area contributed by atoms with E-state index in [9.17, 15) is 5.11 Å². The van der Waals surface area contributed by atoms with E-state index in [1.165, 1.54) is 32.1 Å². The van der Waals surface area contributed by atoms with Gasteiger partial charge in [0.05, 0.1) is 6.10 Å². The Kier molecular flexibility index (Phi) is 1.94. The van der Waals surface area contributed by atoms with Crippen molar-refractivity contribution in [1.29, 1.82) is 0 Å². The molecule has 3 N–H and O–H groups in total. The van der Waals surface area contributed by atoms with Crippen molar-refractivity contribution in [3.05, 3.63) is 0 Å². The quantitative estimate of drug-likeness (QED) is 0.617. The van der Waals surface area contributed by atoms with Crippen LogP contribution in [-0.4, -0.2) is 17.3 Å². The minimum Gasteiger partial charge on any atom is -0.393 e. The molecule has 2 heteroatoms. The zero-order chi connectivity index (χ0) is 9.76. The molecule has 3 rings (SSSR count). The van der Waals surface area contributed by atoms with Gasteiger partial charge in [0.2, 0.25) is 0 Å². The number of rotatable bonds is 0. The summed E-state index contributed by atoms with van der Waals surface area (Å²) in [6.45, 7) is 0. The average molecular weight is 195 g/mol. The first-order valence-corrected chi connectivity index (χ1v) is 6.16. The molecule has 80 valence electrons. The summed E-state index contributed by atoms with van der Waals surface area (Å²) in [5, 5.41) is 9.57. The monoisotopic (exact) mass is 195 g/mol. The minimum absolute atomic E-state index is 0.0352. The Morgan fingerprint density at radius 1 is 1.07 bits per heavy atom. The summed E-state index contributed by atoms with van der Waals surface area (Å²) in [4.78, 5) is 0. The third-order valence-electron chi connectivity index (χ3n) is 5.34. The molecule has 3 saturated carbocycles. The second kappa shape index (κ2) is 2.96. The van der Waals surface area contributed by atoms with Crippen molar-refractivity contribution in [2.24, 2.45) is 23.0 Å². The predicted molar refractivity (Wildman–Crippen MR) is 55.7 cm³/mol. The Morgan fingerprint density at radius 2 is 1.79 bits per heavy atom.